The van der Waals surface area contributed by atoms with Crippen molar-refractivity contribution in [1.82, 2.24) is 14.5 Å². The number of rotatable bonds is 10. The number of nitrogens with zero attached hydrogens (tertiary/aromatic N) is 3. The number of amides is 2. The van der Waals surface area contributed by atoms with Gasteiger partial charge in [-0.05, 0) is 42.7 Å². The van der Waals surface area contributed by atoms with Gasteiger partial charge in [0.15, 0.2) is 0 Å². The lowest BCUT2D eigenvalue weighted by molar-refractivity contribution is 0.0748. The highest BCUT2D eigenvalue weighted by Gasteiger charge is 2.17. The van der Waals surface area contributed by atoms with Crippen LogP contribution in [-0.4, -0.2) is 58.0 Å². The fraction of sp³-hybridized carbons (Fsp3) is 0.286. The molecule has 0 aliphatic rings. The highest BCUT2D eigenvalue weighted by Crippen LogP contribution is 2.33. The molecule has 1 heterocycles. The van der Waals surface area contributed by atoms with E-state index in [0.29, 0.717) is 11.5 Å². The van der Waals surface area contributed by atoms with Crippen LogP contribution in [0.15, 0.2) is 54.6 Å². The number of benzene rings is 2. The number of para-hydroxylation sites is 2. The zero-order valence-corrected chi connectivity index (χ0v) is 17.4. The Morgan fingerprint density at radius 1 is 1.17 bits per heavy atom. The van der Waals surface area contributed by atoms with Crippen LogP contribution >= 0.6 is 11.5 Å². The number of carbonyl (C=O) groups is 1. The van der Waals surface area contributed by atoms with E-state index in [2.05, 4.69) is 9.59 Å². The van der Waals surface area contributed by atoms with Crippen LogP contribution in [0.25, 0.3) is 10.4 Å². The molecule has 0 aliphatic carbocycles. The van der Waals surface area contributed by atoms with Crippen molar-refractivity contribution in [3.63, 3.8) is 0 Å². The molecule has 3 N–H and O–H groups in total. The molecule has 1 unspecified atom stereocenters. The topological polar surface area (TPSA) is 111 Å². The van der Waals surface area contributed by atoms with Crippen molar-refractivity contribution < 1.29 is 19.4 Å². The molecule has 0 fully saturated rings. The molecule has 0 bridgehead atoms. The van der Waals surface area contributed by atoms with Crippen LogP contribution in [0.3, 0.4) is 0 Å². The van der Waals surface area contributed by atoms with E-state index in [4.69, 9.17) is 15.2 Å². The fourth-order valence-electron chi connectivity index (χ4n) is 2.83. The molecule has 8 nitrogen and oxygen atoms in total. The number of urea groups is 1. The quantitative estimate of drug-likeness (QED) is 0.514. The van der Waals surface area contributed by atoms with E-state index in [1.54, 1.807) is 0 Å². The molecule has 158 valence electrons. The number of aliphatic hydroxyl groups is 1. The van der Waals surface area contributed by atoms with Gasteiger partial charge in [-0.15, -0.1) is 5.10 Å². The second kappa shape index (κ2) is 10.6. The van der Waals surface area contributed by atoms with Gasteiger partial charge in [-0.2, -0.15) is 0 Å². The van der Waals surface area contributed by atoms with Crippen molar-refractivity contribution in [2.24, 2.45) is 5.73 Å². The Morgan fingerprint density at radius 2 is 1.90 bits per heavy atom. The molecule has 0 saturated carbocycles. The standard InChI is InChI=1S/C21H24N4O4S/c1-15-20(30-24-23-15)18-9-5-6-10-19(18)29-14-16(26)13-25(21(22)27)11-12-28-17-7-3-2-4-8-17/h2-10,16,26H,11-14H2,1H3,(H2,22,27). The number of nitrogens with two attached hydrogens (primary N) is 1. The van der Waals surface area contributed by atoms with Crippen molar-refractivity contribution in [2.45, 2.75) is 13.0 Å². The van der Waals surface area contributed by atoms with Gasteiger partial charge in [0.2, 0.25) is 0 Å². The van der Waals surface area contributed by atoms with E-state index in [1.165, 1.54) is 16.4 Å². The molecule has 30 heavy (non-hydrogen) atoms. The average Bonchev–Trinajstić information content (AvgIpc) is 3.18. The molecular weight excluding hydrogens is 404 g/mol. The van der Waals surface area contributed by atoms with Crippen molar-refractivity contribution >= 4 is 17.6 Å². The Bertz CT molecular complexity index is 951. The molecular formula is C21H24N4O4S. The molecule has 3 rings (SSSR count). The molecule has 1 atom stereocenters. The smallest absolute Gasteiger partial charge is 0.314 e. The van der Waals surface area contributed by atoms with Crippen LogP contribution in [0.5, 0.6) is 11.5 Å². The van der Waals surface area contributed by atoms with Gasteiger partial charge in [-0.3, -0.25) is 0 Å². The third-order valence-electron chi connectivity index (χ3n) is 4.33. The first-order chi connectivity index (χ1) is 14.5. The van der Waals surface area contributed by atoms with E-state index in [-0.39, 0.29) is 26.3 Å². The molecule has 3 aromatic rings. The maximum Gasteiger partial charge on any atom is 0.314 e. The number of ether oxygens (including phenoxy) is 2. The lowest BCUT2D eigenvalue weighted by atomic mass is 10.1. The van der Waals surface area contributed by atoms with E-state index >= 15 is 0 Å². The van der Waals surface area contributed by atoms with Gasteiger partial charge < -0.3 is 25.2 Å². The zero-order chi connectivity index (χ0) is 21.3. The molecule has 2 amide bonds. The predicted octanol–water partition coefficient (Wildman–Crippen LogP) is 2.71. The van der Waals surface area contributed by atoms with Crippen LogP contribution in [-0.2, 0) is 0 Å². The number of hydrogen-bond donors (Lipinski definition) is 2. The Hall–Kier alpha value is -3.17. The van der Waals surface area contributed by atoms with Crippen LogP contribution < -0.4 is 15.2 Å². The first kappa shape index (κ1) is 21.5. The number of carbonyl (C=O) groups excluding carboxylic acids is 1. The number of aryl methyl sites for hydroxylation is 1. The number of aromatic nitrogens is 2. The SMILES string of the molecule is Cc1nnsc1-c1ccccc1OCC(O)CN(CCOc1ccccc1)C(N)=O. The van der Waals surface area contributed by atoms with Gasteiger partial charge in [0.25, 0.3) is 0 Å². The molecule has 2 aromatic carbocycles. The Balaban J connectivity index is 1.53. The first-order valence-corrected chi connectivity index (χ1v) is 10.2. The maximum absolute atomic E-state index is 11.7. The van der Waals surface area contributed by atoms with Crippen LogP contribution in [0, 0.1) is 6.92 Å². The fourth-order valence-corrected chi connectivity index (χ4v) is 3.52. The van der Waals surface area contributed by atoms with Gasteiger partial charge in [-0.25, -0.2) is 4.79 Å². The Kier molecular flexibility index (Phi) is 7.58. The molecule has 9 heteroatoms. The number of aliphatic hydroxyl groups excluding tert-OH is 1. The van der Waals surface area contributed by atoms with Gasteiger partial charge in [0.1, 0.15) is 30.8 Å². The summed E-state index contributed by atoms with van der Waals surface area (Å²) in [5.74, 6) is 1.32. The molecule has 0 saturated heterocycles. The van der Waals surface area contributed by atoms with Gasteiger partial charge >= 0.3 is 6.03 Å². The lowest BCUT2D eigenvalue weighted by Gasteiger charge is -2.24. The summed E-state index contributed by atoms with van der Waals surface area (Å²) in [5.41, 5.74) is 7.12. The van der Waals surface area contributed by atoms with Crippen molar-refractivity contribution in [3.05, 3.63) is 60.3 Å². The molecule has 1 aromatic heterocycles. The summed E-state index contributed by atoms with van der Waals surface area (Å²) in [7, 11) is 0. The second-order valence-corrected chi connectivity index (χ2v) is 7.35. The lowest BCUT2D eigenvalue weighted by Crippen LogP contribution is -2.44. The van der Waals surface area contributed by atoms with Crippen molar-refractivity contribution in [3.8, 4) is 21.9 Å². The highest BCUT2D eigenvalue weighted by molar-refractivity contribution is 7.09. The van der Waals surface area contributed by atoms with Gasteiger partial charge in [0.05, 0.1) is 23.7 Å². The Morgan fingerprint density at radius 3 is 2.60 bits per heavy atom. The zero-order valence-electron chi connectivity index (χ0n) is 16.6. The minimum Gasteiger partial charge on any atom is -0.492 e. The van der Waals surface area contributed by atoms with Crippen molar-refractivity contribution in [1.29, 1.82) is 0 Å². The summed E-state index contributed by atoms with van der Waals surface area (Å²) < 4.78 is 15.4. The highest BCUT2D eigenvalue weighted by atomic mass is 32.1. The predicted molar refractivity (Wildman–Crippen MR) is 115 cm³/mol. The normalized spacial score (nSPS) is 11.7. The Labute approximate surface area is 179 Å². The molecule has 0 aliphatic heterocycles. The molecule has 0 radical (unpaired) electrons. The summed E-state index contributed by atoms with van der Waals surface area (Å²) in [6.45, 7) is 2.44. The van der Waals surface area contributed by atoms with Crippen LogP contribution in [0.2, 0.25) is 0 Å². The van der Waals surface area contributed by atoms with E-state index < -0.39 is 12.1 Å². The number of hydrogen-bond acceptors (Lipinski definition) is 7. The van der Waals surface area contributed by atoms with Crippen LogP contribution in [0.1, 0.15) is 5.69 Å². The monoisotopic (exact) mass is 428 g/mol. The third-order valence-corrected chi connectivity index (χ3v) is 5.19. The maximum atomic E-state index is 11.7. The minimum atomic E-state index is -0.914. The van der Waals surface area contributed by atoms with E-state index in [1.807, 2.05) is 61.5 Å². The van der Waals surface area contributed by atoms with E-state index in [0.717, 1.165) is 16.1 Å². The first-order valence-electron chi connectivity index (χ1n) is 9.46. The second-order valence-electron chi connectivity index (χ2n) is 6.59. The van der Waals surface area contributed by atoms with Gasteiger partial charge in [0, 0.05) is 5.56 Å². The minimum absolute atomic E-state index is 0.00557. The average molecular weight is 429 g/mol. The largest absolute Gasteiger partial charge is 0.492 e. The summed E-state index contributed by atoms with van der Waals surface area (Å²) >= 11 is 1.29. The van der Waals surface area contributed by atoms with Crippen LogP contribution in [0.4, 0.5) is 4.79 Å². The summed E-state index contributed by atoms with van der Waals surface area (Å²) in [4.78, 5) is 14.0. The van der Waals surface area contributed by atoms with E-state index in [9.17, 15) is 9.90 Å². The third kappa shape index (κ3) is 5.91. The molecule has 0 spiro atoms. The summed E-state index contributed by atoms with van der Waals surface area (Å²) in [6.07, 6.45) is -0.914. The number of primary amides is 1. The summed E-state index contributed by atoms with van der Waals surface area (Å²) in [6, 6.07) is 16.1. The van der Waals surface area contributed by atoms with Crippen molar-refractivity contribution in [2.75, 3.05) is 26.3 Å². The van der Waals surface area contributed by atoms with Gasteiger partial charge in [-0.1, -0.05) is 34.8 Å². The summed E-state index contributed by atoms with van der Waals surface area (Å²) in [5, 5.41) is 14.4.